The Morgan fingerprint density at radius 2 is 1.93 bits per heavy atom. The highest BCUT2D eigenvalue weighted by molar-refractivity contribution is 8.13. The Labute approximate surface area is 89.2 Å². The zero-order valence-corrected chi connectivity index (χ0v) is 9.55. The van der Waals surface area contributed by atoms with Gasteiger partial charge in [-0.05, 0) is 13.8 Å². The SMILES string of the molecule is CCOC(CCSC(N)=NN)OCC. The fourth-order valence-electron chi connectivity index (χ4n) is 0.884. The van der Waals surface area contributed by atoms with Crippen molar-refractivity contribution in [1.29, 1.82) is 0 Å². The Morgan fingerprint density at radius 1 is 1.36 bits per heavy atom. The van der Waals surface area contributed by atoms with Gasteiger partial charge >= 0.3 is 0 Å². The highest BCUT2D eigenvalue weighted by atomic mass is 32.2. The summed E-state index contributed by atoms with van der Waals surface area (Å²) in [4.78, 5) is 0. The van der Waals surface area contributed by atoms with Gasteiger partial charge < -0.3 is 21.1 Å². The predicted octanol–water partition coefficient (Wildman–Crippen LogP) is 0.697. The maximum Gasteiger partial charge on any atom is 0.177 e. The minimum atomic E-state index is -0.150. The average Bonchev–Trinajstić information content (AvgIpc) is 2.18. The first kappa shape index (κ1) is 13.5. The van der Waals surface area contributed by atoms with E-state index in [1.54, 1.807) is 0 Å². The molecule has 6 heteroatoms. The van der Waals surface area contributed by atoms with E-state index in [1.807, 2.05) is 13.8 Å². The van der Waals surface area contributed by atoms with Crippen molar-refractivity contribution in [2.75, 3.05) is 19.0 Å². The standard InChI is InChI=1S/C8H19N3O2S/c1-3-12-7(13-4-2)5-6-14-8(9)11-10/h7H,3-6,10H2,1-2H3,(H2,9,11). The van der Waals surface area contributed by atoms with E-state index in [0.29, 0.717) is 18.4 Å². The Balaban J connectivity index is 3.59. The summed E-state index contributed by atoms with van der Waals surface area (Å²) in [5.74, 6) is 5.77. The van der Waals surface area contributed by atoms with Crippen molar-refractivity contribution < 1.29 is 9.47 Å². The summed E-state index contributed by atoms with van der Waals surface area (Å²) in [7, 11) is 0. The Bertz CT molecular complexity index is 161. The van der Waals surface area contributed by atoms with E-state index >= 15 is 0 Å². The molecule has 0 aliphatic rings. The van der Waals surface area contributed by atoms with Crippen LogP contribution >= 0.6 is 11.8 Å². The Kier molecular flexibility index (Phi) is 8.81. The molecule has 14 heavy (non-hydrogen) atoms. The molecule has 0 bridgehead atoms. The number of hydrazone groups is 1. The molecule has 0 aliphatic heterocycles. The van der Waals surface area contributed by atoms with E-state index in [0.717, 1.165) is 12.2 Å². The van der Waals surface area contributed by atoms with E-state index < -0.39 is 0 Å². The Morgan fingerprint density at radius 3 is 2.36 bits per heavy atom. The van der Waals surface area contributed by atoms with Gasteiger partial charge in [0.05, 0.1) is 0 Å². The van der Waals surface area contributed by atoms with Crippen LogP contribution in [0.15, 0.2) is 5.10 Å². The third kappa shape index (κ3) is 6.99. The molecule has 5 nitrogen and oxygen atoms in total. The summed E-state index contributed by atoms with van der Waals surface area (Å²) < 4.78 is 10.7. The normalized spacial score (nSPS) is 12.4. The van der Waals surface area contributed by atoms with Gasteiger partial charge in [0.15, 0.2) is 11.5 Å². The molecule has 0 unspecified atom stereocenters. The first-order valence-corrected chi connectivity index (χ1v) is 5.62. The molecule has 0 saturated carbocycles. The van der Waals surface area contributed by atoms with Crippen molar-refractivity contribution in [1.82, 2.24) is 0 Å². The fourth-order valence-corrected chi connectivity index (χ4v) is 1.48. The van der Waals surface area contributed by atoms with Crippen molar-refractivity contribution in [2.24, 2.45) is 16.7 Å². The molecule has 0 aromatic rings. The van der Waals surface area contributed by atoms with Crippen LogP contribution in [0.2, 0.25) is 0 Å². The zero-order valence-electron chi connectivity index (χ0n) is 8.73. The molecule has 0 fully saturated rings. The van der Waals surface area contributed by atoms with Gasteiger partial charge in [-0.3, -0.25) is 0 Å². The summed E-state index contributed by atoms with van der Waals surface area (Å²) in [5, 5.41) is 3.74. The molecule has 0 heterocycles. The predicted molar refractivity (Wildman–Crippen MR) is 59.9 cm³/mol. The highest BCUT2D eigenvalue weighted by Gasteiger charge is 2.07. The van der Waals surface area contributed by atoms with E-state index in [2.05, 4.69) is 5.10 Å². The largest absolute Gasteiger partial charge is 0.377 e. The number of hydrogen-bond acceptors (Lipinski definition) is 5. The summed E-state index contributed by atoms with van der Waals surface area (Å²) in [5.41, 5.74) is 5.41. The van der Waals surface area contributed by atoms with Gasteiger partial charge in [-0.15, -0.1) is 0 Å². The molecule has 0 aliphatic carbocycles. The number of nitrogens with zero attached hydrogens (tertiary/aromatic N) is 1. The van der Waals surface area contributed by atoms with Crippen molar-refractivity contribution in [3.05, 3.63) is 0 Å². The van der Waals surface area contributed by atoms with Crippen LogP contribution in [0.3, 0.4) is 0 Å². The third-order valence-electron chi connectivity index (χ3n) is 1.44. The zero-order chi connectivity index (χ0) is 10.8. The summed E-state index contributed by atoms with van der Waals surface area (Å²) >= 11 is 1.40. The number of ether oxygens (including phenoxy) is 2. The lowest BCUT2D eigenvalue weighted by atomic mass is 10.5. The van der Waals surface area contributed by atoms with Crippen LogP contribution in [-0.2, 0) is 9.47 Å². The monoisotopic (exact) mass is 221 g/mol. The first-order chi connectivity index (χ1) is 6.74. The molecular formula is C8H19N3O2S. The van der Waals surface area contributed by atoms with Crippen LogP contribution < -0.4 is 11.6 Å². The van der Waals surface area contributed by atoms with Crippen LogP contribution in [0.5, 0.6) is 0 Å². The van der Waals surface area contributed by atoms with Crippen molar-refractivity contribution in [2.45, 2.75) is 26.6 Å². The second kappa shape index (κ2) is 9.11. The smallest absolute Gasteiger partial charge is 0.177 e. The molecule has 0 aromatic heterocycles. The molecule has 0 spiro atoms. The maximum atomic E-state index is 5.41. The van der Waals surface area contributed by atoms with Gasteiger partial charge in [-0.1, -0.05) is 11.8 Å². The summed E-state index contributed by atoms with van der Waals surface area (Å²) in [6.07, 6.45) is 0.630. The van der Waals surface area contributed by atoms with Crippen molar-refractivity contribution in [3.8, 4) is 0 Å². The van der Waals surface area contributed by atoms with E-state index in [1.165, 1.54) is 11.8 Å². The average molecular weight is 221 g/mol. The van der Waals surface area contributed by atoms with Crippen LogP contribution in [0.25, 0.3) is 0 Å². The number of hydrogen-bond donors (Lipinski definition) is 2. The lowest BCUT2D eigenvalue weighted by Gasteiger charge is -2.16. The maximum absolute atomic E-state index is 5.41. The summed E-state index contributed by atoms with van der Waals surface area (Å²) in [6.45, 7) is 5.18. The van der Waals surface area contributed by atoms with Gasteiger partial charge in [0, 0.05) is 25.4 Å². The van der Waals surface area contributed by atoms with Gasteiger partial charge in [-0.25, -0.2) is 0 Å². The van der Waals surface area contributed by atoms with E-state index in [-0.39, 0.29) is 6.29 Å². The van der Waals surface area contributed by atoms with Crippen molar-refractivity contribution in [3.63, 3.8) is 0 Å². The topological polar surface area (TPSA) is 82.9 Å². The van der Waals surface area contributed by atoms with Gasteiger partial charge in [0.25, 0.3) is 0 Å². The molecule has 0 saturated heterocycles. The molecule has 0 rings (SSSR count). The lowest BCUT2D eigenvalue weighted by molar-refractivity contribution is -0.136. The highest BCUT2D eigenvalue weighted by Crippen LogP contribution is 2.08. The van der Waals surface area contributed by atoms with E-state index in [4.69, 9.17) is 21.1 Å². The van der Waals surface area contributed by atoms with Crippen LogP contribution in [0.1, 0.15) is 20.3 Å². The van der Waals surface area contributed by atoms with Crippen LogP contribution in [-0.4, -0.2) is 30.4 Å². The minimum absolute atomic E-state index is 0.150. The Hall–Kier alpha value is -0.460. The van der Waals surface area contributed by atoms with Gasteiger partial charge in [0.2, 0.25) is 0 Å². The van der Waals surface area contributed by atoms with Gasteiger partial charge in [-0.2, -0.15) is 5.10 Å². The molecule has 0 atom stereocenters. The molecule has 0 radical (unpaired) electrons. The van der Waals surface area contributed by atoms with E-state index in [9.17, 15) is 0 Å². The van der Waals surface area contributed by atoms with Crippen molar-refractivity contribution >= 4 is 16.9 Å². The summed E-state index contributed by atoms with van der Waals surface area (Å²) in [6, 6.07) is 0. The second-order valence-corrected chi connectivity index (χ2v) is 3.56. The quantitative estimate of drug-likeness (QED) is 0.217. The minimum Gasteiger partial charge on any atom is -0.377 e. The molecule has 84 valence electrons. The fraction of sp³-hybridized carbons (Fsp3) is 0.875. The van der Waals surface area contributed by atoms with Gasteiger partial charge in [0.1, 0.15) is 0 Å². The number of rotatable bonds is 7. The number of thioether (sulfide) groups is 1. The molecular weight excluding hydrogens is 202 g/mol. The van der Waals surface area contributed by atoms with Crippen LogP contribution in [0, 0.1) is 0 Å². The third-order valence-corrected chi connectivity index (χ3v) is 2.28. The molecule has 0 amide bonds. The van der Waals surface area contributed by atoms with Crippen LogP contribution in [0.4, 0.5) is 0 Å². The molecule has 0 aromatic carbocycles. The first-order valence-electron chi connectivity index (χ1n) is 4.63. The molecule has 4 N–H and O–H groups in total. The number of nitrogens with two attached hydrogens (primary N) is 2. The number of amidine groups is 1. The second-order valence-electron chi connectivity index (χ2n) is 2.44. The lowest BCUT2D eigenvalue weighted by Crippen LogP contribution is -2.19.